The third-order valence-electron chi connectivity index (χ3n) is 1.23. The molecule has 0 aliphatic heterocycles. The van der Waals surface area contributed by atoms with Crippen LogP contribution in [-0.2, 0) is 4.79 Å². The Kier molecular flexibility index (Phi) is 4.85. The van der Waals surface area contributed by atoms with Crippen molar-refractivity contribution >= 4 is 12.0 Å². The summed E-state index contributed by atoms with van der Waals surface area (Å²) >= 11 is 0. The monoisotopic (exact) mass is 229 g/mol. The zero-order chi connectivity index (χ0) is 12.1. The van der Waals surface area contributed by atoms with Crippen molar-refractivity contribution in [2.24, 2.45) is 0 Å². The van der Waals surface area contributed by atoms with E-state index in [9.17, 15) is 22.8 Å². The van der Waals surface area contributed by atoms with Crippen LogP contribution in [-0.4, -0.2) is 35.9 Å². The van der Waals surface area contributed by atoms with Gasteiger partial charge in [-0.05, 0) is 6.92 Å². The number of carbonyl (C=O) groups is 2. The maximum Gasteiger partial charge on any atom is 0.405 e. The highest BCUT2D eigenvalue weighted by molar-refractivity contribution is 5.84. The largest absolute Gasteiger partial charge is 0.465 e. The molecule has 0 saturated heterocycles. The van der Waals surface area contributed by atoms with Gasteiger partial charge in [0.25, 0.3) is 5.91 Å². The van der Waals surface area contributed by atoms with Gasteiger partial charge in [0.2, 0.25) is 0 Å². The summed E-state index contributed by atoms with van der Waals surface area (Å²) in [6, 6.07) is -1.14. The summed E-state index contributed by atoms with van der Waals surface area (Å²) in [6.07, 6.45) is -5.88. The van der Waals surface area contributed by atoms with Gasteiger partial charge < -0.3 is 10.4 Å². The topological polar surface area (TPSA) is 90.5 Å². The number of rotatable bonds is 4. The number of halogens is 3. The van der Waals surface area contributed by atoms with Gasteiger partial charge >= 0.3 is 12.3 Å². The van der Waals surface area contributed by atoms with E-state index < -0.39 is 30.8 Å². The van der Waals surface area contributed by atoms with E-state index in [0.717, 1.165) is 0 Å². The highest BCUT2D eigenvalue weighted by Gasteiger charge is 2.27. The number of nitrogens with one attached hydrogen (secondary N) is 3. The lowest BCUT2D eigenvalue weighted by Crippen LogP contribution is -2.51. The van der Waals surface area contributed by atoms with Crippen LogP contribution in [0.25, 0.3) is 0 Å². The van der Waals surface area contributed by atoms with Crippen molar-refractivity contribution in [2.45, 2.75) is 19.1 Å². The predicted molar refractivity (Wildman–Crippen MR) is 42.8 cm³/mol. The Morgan fingerprint density at radius 2 is 1.93 bits per heavy atom. The molecule has 0 fully saturated rings. The van der Waals surface area contributed by atoms with Gasteiger partial charge in [-0.3, -0.25) is 10.2 Å². The summed E-state index contributed by atoms with van der Waals surface area (Å²) in [7, 11) is 0. The Morgan fingerprint density at radius 3 is 2.33 bits per heavy atom. The van der Waals surface area contributed by atoms with Gasteiger partial charge in [0.15, 0.2) is 0 Å². The second kappa shape index (κ2) is 5.39. The smallest absolute Gasteiger partial charge is 0.405 e. The summed E-state index contributed by atoms with van der Waals surface area (Å²) in [5, 5.41) is 9.97. The van der Waals surface area contributed by atoms with Gasteiger partial charge in [0.1, 0.15) is 12.6 Å². The molecule has 9 heteroatoms. The van der Waals surface area contributed by atoms with Crippen molar-refractivity contribution < 1.29 is 27.9 Å². The highest BCUT2D eigenvalue weighted by atomic mass is 19.4. The average molecular weight is 229 g/mol. The van der Waals surface area contributed by atoms with Gasteiger partial charge in [-0.1, -0.05) is 0 Å². The number of hydrogen-bond acceptors (Lipinski definition) is 3. The Bertz CT molecular complexity index is 244. The lowest BCUT2D eigenvalue weighted by molar-refractivity contribution is -0.133. The number of amides is 2. The number of alkyl halides is 3. The first-order valence-electron chi connectivity index (χ1n) is 3.81. The molecule has 0 saturated carbocycles. The zero-order valence-corrected chi connectivity index (χ0v) is 7.68. The molecule has 0 aliphatic rings. The lowest BCUT2D eigenvalue weighted by atomic mass is 10.3. The van der Waals surface area contributed by atoms with E-state index in [4.69, 9.17) is 5.11 Å². The molecule has 0 aliphatic carbocycles. The average Bonchev–Trinajstić information content (AvgIpc) is 2.00. The minimum atomic E-state index is -4.45. The number of hydrogen-bond donors (Lipinski definition) is 4. The Hall–Kier alpha value is -1.51. The fraction of sp³-hybridized carbons (Fsp3) is 0.667. The molecule has 0 heterocycles. The van der Waals surface area contributed by atoms with Crippen LogP contribution in [0.1, 0.15) is 6.92 Å². The molecule has 2 amide bonds. The molecule has 88 valence electrons. The van der Waals surface area contributed by atoms with Crippen molar-refractivity contribution in [3.63, 3.8) is 0 Å². The molecule has 6 nitrogen and oxygen atoms in total. The maximum absolute atomic E-state index is 11.6. The molecule has 1 unspecified atom stereocenters. The first-order chi connectivity index (χ1) is 6.72. The summed E-state index contributed by atoms with van der Waals surface area (Å²) in [5.74, 6) is -0.901. The minimum absolute atomic E-state index is 0.901. The van der Waals surface area contributed by atoms with Gasteiger partial charge in [0.05, 0.1) is 0 Å². The van der Waals surface area contributed by atoms with E-state index in [0.29, 0.717) is 0 Å². The summed E-state index contributed by atoms with van der Waals surface area (Å²) in [5.41, 5.74) is 3.33. The molecule has 0 spiro atoms. The van der Waals surface area contributed by atoms with Crippen LogP contribution in [0.3, 0.4) is 0 Å². The first kappa shape index (κ1) is 13.5. The van der Waals surface area contributed by atoms with Crippen LogP contribution >= 0.6 is 0 Å². The van der Waals surface area contributed by atoms with Crippen LogP contribution in [0.15, 0.2) is 0 Å². The zero-order valence-electron chi connectivity index (χ0n) is 7.68. The van der Waals surface area contributed by atoms with Crippen molar-refractivity contribution in [1.29, 1.82) is 0 Å². The van der Waals surface area contributed by atoms with E-state index >= 15 is 0 Å². The number of hydrazine groups is 1. The second-order valence-corrected chi connectivity index (χ2v) is 2.63. The molecule has 4 N–H and O–H groups in total. The van der Waals surface area contributed by atoms with Crippen LogP contribution in [0.5, 0.6) is 0 Å². The minimum Gasteiger partial charge on any atom is -0.465 e. The number of carboxylic acid groups (broad SMARTS) is 1. The van der Waals surface area contributed by atoms with Crippen molar-refractivity contribution in [3.8, 4) is 0 Å². The Labute approximate surface area is 82.8 Å². The predicted octanol–water partition coefficient (Wildman–Crippen LogP) is -0.174. The molecule has 0 rings (SSSR count). The van der Waals surface area contributed by atoms with E-state index in [-0.39, 0.29) is 0 Å². The fourth-order valence-electron chi connectivity index (χ4n) is 0.591. The summed E-state index contributed by atoms with van der Waals surface area (Å²) in [6.45, 7) is -0.197. The van der Waals surface area contributed by atoms with Crippen LogP contribution in [0, 0.1) is 0 Å². The van der Waals surface area contributed by atoms with Crippen LogP contribution in [0.2, 0.25) is 0 Å². The molecular weight excluding hydrogens is 219 g/mol. The maximum atomic E-state index is 11.6. The van der Waals surface area contributed by atoms with E-state index in [1.54, 1.807) is 16.2 Å². The van der Waals surface area contributed by atoms with Gasteiger partial charge in [0, 0.05) is 0 Å². The highest BCUT2D eigenvalue weighted by Crippen LogP contribution is 2.11. The van der Waals surface area contributed by atoms with E-state index in [2.05, 4.69) is 0 Å². The molecule has 0 bridgehead atoms. The third kappa shape index (κ3) is 7.55. The van der Waals surface area contributed by atoms with Crippen molar-refractivity contribution in [1.82, 2.24) is 16.2 Å². The molecule has 1 atom stereocenters. The SMILES string of the molecule is CC(NC(=O)O)C(=O)NNCC(F)(F)F. The second-order valence-electron chi connectivity index (χ2n) is 2.63. The Balaban J connectivity index is 3.79. The first-order valence-corrected chi connectivity index (χ1v) is 3.81. The fourth-order valence-corrected chi connectivity index (χ4v) is 0.591. The van der Waals surface area contributed by atoms with Gasteiger partial charge in [-0.25, -0.2) is 10.2 Å². The summed E-state index contributed by atoms with van der Waals surface area (Å²) in [4.78, 5) is 21.0. The van der Waals surface area contributed by atoms with Gasteiger partial charge in [-0.15, -0.1) is 0 Å². The molecule has 0 aromatic carbocycles. The van der Waals surface area contributed by atoms with Crippen LogP contribution < -0.4 is 16.2 Å². The van der Waals surface area contributed by atoms with Crippen molar-refractivity contribution in [2.75, 3.05) is 6.54 Å². The molecule has 0 aromatic rings. The normalized spacial score (nSPS) is 13.1. The number of carbonyl (C=O) groups excluding carboxylic acids is 1. The third-order valence-corrected chi connectivity index (χ3v) is 1.23. The lowest BCUT2D eigenvalue weighted by Gasteiger charge is -2.13. The van der Waals surface area contributed by atoms with Crippen molar-refractivity contribution in [3.05, 3.63) is 0 Å². The Morgan fingerprint density at radius 1 is 1.40 bits per heavy atom. The molecule has 0 radical (unpaired) electrons. The quantitative estimate of drug-likeness (QED) is 0.503. The molecular formula is C6H10F3N3O3. The van der Waals surface area contributed by atoms with E-state index in [1.165, 1.54) is 6.92 Å². The van der Waals surface area contributed by atoms with E-state index in [1.807, 2.05) is 0 Å². The van der Waals surface area contributed by atoms with Crippen LogP contribution in [0.4, 0.5) is 18.0 Å². The summed E-state index contributed by atoms with van der Waals surface area (Å²) < 4.78 is 34.8. The van der Waals surface area contributed by atoms with Gasteiger partial charge in [-0.2, -0.15) is 13.2 Å². The standard InChI is InChI=1S/C6H10F3N3O3/c1-3(11-5(14)15)4(13)12-10-2-6(7,8)9/h3,10-11H,2H2,1H3,(H,12,13)(H,14,15). The molecule has 15 heavy (non-hydrogen) atoms. The molecule has 0 aromatic heterocycles.